The molecule has 12 heavy (non-hydrogen) atoms. The van der Waals surface area contributed by atoms with Crippen molar-refractivity contribution in [3.63, 3.8) is 0 Å². The summed E-state index contributed by atoms with van der Waals surface area (Å²) < 4.78 is 1.88. The van der Waals surface area contributed by atoms with Crippen molar-refractivity contribution in [2.45, 2.75) is 6.61 Å². The Balaban J connectivity index is 2.82. The molecule has 0 fully saturated rings. The second kappa shape index (κ2) is 2.57. The van der Waals surface area contributed by atoms with E-state index < -0.39 is 0 Å². The third kappa shape index (κ3) is 0.887. The Labute approximate surface area is 69.5 Å². The van der Waals surface area contributed by atoms with Gasteiger partial charge in [-0.3, -0.25) is 0 Å². The zero-order valence-corrected chi connectivity index (χ0v) is 6.73. The van der Waals surface area contributed by atoms with Crippen LogP contribution in [0, 0.1) is 0 Å². The van der Waals surface area contributed by atoms with Crippen LogP contribution < -0.4 is 0 Å². The molecule has 0 aromatic carbocycles. The van der Waals surface area contributed by atoms with Gasteiger partial charge < -0.3 is 9.67 Å². The van der Waals surface area contributed by atoms with E-state index in [2.05, 4.69) is 9.97 Å². The van der Waals surface area contributed by atoms with Crippen LogP contribution in [0.25, 0.3) is 11.0 Å². The average molecular weight is 163 g/mol. The van der Waals surface area contributed by atoms with Gasteiger partial charge in [-0.15, -0.1) is 0 Å². The zero-order chi connectivity index (χ0) is 8.55. The third-order valence-corrected chi connectivity index (χ3v) is 1.89. The van der Waals surface area contributed by atoms with Gasteiger partial charge in [0.15, 0.2) is 0 Å². The van der Waals surface area contributed by atoms with Crippen molar-refractivity contribution in [3.8, 4) is 0 Å². The van der Waals surface area contributed by atoms with Gasteiger partial charge in [0.2, 0.25) is 0 Å². The number of nitrogens with zero attached hydrogens (tertiary/aromatic N) is 3. The molecule has 0 saturated heterocycles. The minimum atomic E-state index is 0.0325. The normalized spacial score (nSPS) is 10.8. The van der Waals surface area contributed by atoms with Crippen molar-refractivity contribution in [1.82, 2.24) is 14.5 Å². The summed E-state index contributed by atoms with van der Waals surface area (Å²) in [6, 6.07) is 0. The molecule has 0 unspecified atom stereocenters. The highest BCUT2D eigenvalue weighted by atomic mass is 16.3. The van der Waals surface area contributed by atoms with Crippen LogP contribution in [0.2, 0.25) is 0 Å². The van der Waals surface area contributed by atoms with Gasteiger partial charge >= 0.3 is 0 Å². The number of aliphatic hydroxyl groups is 1. The zero-order valence-electron chi connectivity index (χ0n) is 6.73. The van der Waals surface area contributed by atoms with Crippen LogP contribution in [-0.4, -0.2) is 19.6 Å². The van der Waals surface area contributed by atoms with Crippen LogP contribution in [0.3, 0.4) is 0 Å². The van der Waals surface area contributed by atoms with E-state index >= 15 is 0 Å². The van der Waals surface area contributed by atoms with Crippen molar-refractivity contribution in [3.05, 3.63) is 24.3 Å². The summed E-state index contributed by atoms with van der Waals surface area (Å²) in [5, 5.41) is 9.90. The Morgan fingerprint density at radius 2 is 2.42 bits per heavy atom. The lowest BCUT2D eigenvalue weighted by Crippen LogP contribution is -1.86. The third-order valence-electron chi connectivity index (χ3n) is 1.89. The molecule has 0 saturated carbocycles. The molecule has 0 aliphatic rings. The van der Waals surface area contributed by atoms with Crippen LogP contribution >= 0.6 is 0 Å². The number of aromatic nitrogens is 3. The van der Waals surface area contributed by atoms with Gasteiger partial charge in [0.05, 0.1) is 6.61 Å². The Kier molecular flexibility index (Phi) is 1.55. The fraction of sp³-hybridized carbons (Fsp3) is 0.250. The Morgan fingerprint density at radius 3 is 3.17 bits per heavy atom. The second-order valence-corrected chi connectivity index (χ2v) is 2.68. The quantitative estimate of drug-likeness (QED) is 0.664. The van der Waals surface area contributed by atoms with Gasteiger partial charge in [-0.1, -0.05) is 0 Å². The predicted molar refractivity (Wildman–Crippen MR) is 44.4 cm³/mol. The molecular formula is C8H9N3O. The van der Waals surface area contributed by atoms with Gasteiger partial charge in [-0.25, -0.2) is 9.97 Å². The molecule has 0 radical (unpaired) electrons. The molecule has 2 rings (SSSR count). The van der Waals surface area contributed by atoms with Gasteiger partial charge in [0.25, 0.3) is 0 Å². The molecule has 2 heterocycles. The van der Waals surface area contributed by atoms with Crippen molar-refractivity contribution >= 4 is 11.0 Å². The summed E-state index contributed by atoms with van der Waals surface area (Å²) in [6.45, 7) is 0.0325. The highest BCUT2D eigenvalue weighted by molar-refractivity contribution is 5.79. The van der Waals surface area contributed by atoms with E-state index in [1.54, 1.807) is 6.20 Å². The first-order chi connectivity index (χ1) is 5.83. The molecule has 2 aromatic heterocycles. The molecule has 0 amide bonds. The van der Waals surface area contributed by atoms with E-state index in [1.165, 1.54) is 6.33 Å². The first-order valence-electron chi connectivity index (χ1n) is 3.67. The van der Waals surface area contributed by atoms with E-state index in [9.17, 15) is 0 Å². The van der Waals surface area contributed by atoms with Crippen molar-refractivity contribution in [1.29, 1.82) is 0 Å². The van der Waals surface area contributed by atoms with E-state index in [0.29, 0.717) is 0 Å². The topological polar surface area (TPSA) is 50.9 Å². The average Bonchev–Trinajstić information content (AvgIpc) is 2.44. The Bertz CT molecular complexity index is 408. The minimum Gasteiger partial charge on any atom is -0.392 e. The minimum absolute atomic E-state index is 0.0325. The van der Waals surface area contributed by atoms with Crippen molar-refractivity contribution in [2.24, 2.45) is 7.05 Å². The number of aliphatic hydroxyl groups excluding tert-OH is 1. The van der Waals surface area contributed by atoms with E-state index in [0.717, 1.165) is 16.6 Å². The number of hydrogen-bond donors (Lipinski definition) is 1. The smallest absolute Gasteiger partial charge is 0.143 e. The molecule has 4 heteroatoms. The molecular weight excluding hydrogens is 154 g/mol. The van der Waals surface area contributed by atoms with Crippen molar-refractivity contribution in [2.75, 3.05) is 0 Å². The molecule has 2 aromatic rings. The first kappa shape index (κ1) is 7.24. The van der Waals surface area contributed by atoms with E-state index in [1.807, 2.05) is 17.8 Å². The monoisotopic (exact) mass is 163 g/mol. The van der Waals surface area contributed by atoms with Gasteiger partial charge in [-0.2, -0.15) is 0 Å². The second-order valence-electron chi connectivity index (χ2n) is 2.68. The Morgan fingerprint density at radius 1 is 1.58 bits per heavy atom. The fourth-order valence-electron chi connectivity index (χ4n) is 1.32. The Hall–Kier alpha value is -1.42. The maximum atomic E-state index is 8.98. The fourth-order valence-corrected chi connectivity index (χ4v) is 1.32. The van der Waals surface area contributed by atoms with E-state index in [-0.39, 0.29) is 6.61 Å². The van der Waals surface area contributed by atoms with Gasteiger partial charge in [0.1, 0.15) is 12.0 Å². The summed E-state index contributed by atoms with van der Waals surface area (Å²) >= 11 is 0. The number of aryl methyl sites for hydroxylation is 1. The molecule has 0 aliphatic heterocycles. The molecule has 0 bridgehead atoms. The SMILES string of the molecule is Cn1cc(CO)c2cncnc21. The van der Waals surface area contributed by atoms with Crippen LogP contribution in [0.15, 0.2) is 18.7 Å². The van der Waals surface area contributed by atoms with Gasteiger partial charge in [0, 0.05) is 30.4 Å². The summed E-state index contributed by atoms with van der Waals surface area (Å²) in [7, 11) is 1.90. The first-order valence-corrected chi connectivity index (χ1v) is 3.67. The molecule has 0 atom stereocenters. The summed E-state index contributed by atoms with van der Waals surface area (Å²) in [5.74, 6) is 0. The summed E-state index contributed by atoms with van der Waals surface area (Å²) in [6.07, 6.45) is 5.08. The molecule has 0 aliphatic carbocycles. The molecule has 0 spiro atoms. The molecule has 1 N–H and O–H groups in total. The maximum absolute atomic E-state index is 8.98. The van der Waals surface area contributed by atoms with Crippen molar-refractivity contribution < 1.29 is 5.11 Å². The predicted octanol–water partition coefficient (Wildman–Crippen LogP) is 0.461. The van der Waals surface area contributed by atoms with Crippen LogP contribution in [-0.2, 0) is 13.7 Å². The largest absolute Gasteiger partial charge is 0.392 e. The number of hydrogen-bond acceptors (Lipinski definition) is 3. The number of fused-ring (bicyclic) bond motifs is 1. The van der Waals surface area contributed by atoms with Crippen LogP contribution in [0.5, 0.6) is 0 Å². The maximum Gasteiger partial charge on any atom is 0.143 e. The lowest BCUT2D eigenvalue weighted by molar-refractivity contribution is 0.283. The molecule has 62 valence electrons. The van der Waals surface area contributed by atoms with Crippen LogP contribution in [0.4, 0.5) is 0 Å². The standard InChI is InChI=1S/C8H9N3O/c1-11-3-6(4-12)7-2-9-5-10-8(7)11/h2-3,5,12H,4H2,1H3. The lowest BCUT2D eigenvalue weighted by atomic mass is 10.3. The summed E-state index contributed by atoms with van der Waals surface area (Å²) in [4.78, 5) is 7.99. The van der Waals surface area contributed by atoms with E-state index in [4.69, 9.17) is 5.11 Å². The highest BCUT2D eigenvalue weighted by Gasteiger charge is 2.05. The summed E-state index contributed by atoms with van der Waals surface area (Å²) in [5.41, 5.74) is 1.72. The van der Waals surface area contributed by atoms with Crippen LogP contribution in [0.1, 0.15) is 5.56 Å². The van der Waals surface area contributed by atoms with Gasteiger partial charge in [-0.05, 0) is 0 Å². The molecule has 4 nitrogen and oxygen atoms in total. The number of rotatable bonds is 1. The lowest BCUT2D eigenvalue weighted by Gasteiger charge is -1.91. The highest BCUT2D eigenvalue weighted by Crippen LogP contribution is 2.16.